The van der Waals surface area contributed by atoms with Gasteiger partial charge in [0.15, 0.2) is 0 Å². The first-order chi connectivity index (χ1) is 11.3. The number of anilines is 1. The Morgan fingerprint density at radius 3 is 2.78 bits per heavy atom. The zero-order valence-corrected chi connectivity index (χ0v) is 12.8. The number of aromatic amines is 1. The van der Waals surface area contributed by atoms with E-state index >= 15 is 0 Å². The van der Waals surface area contributed by atoms with Crippen LogP contribution < -0.4 is 5.73 Å². The fourth-order valence-electron chi connectivity index (χ4n) is 3.62. The summed E-state index contributed by atoms with van der Waals surface area (Å²) in [6, 6.07) is 16.3. The highest BCUT2D eigenvalue weighted by Crippen LogP contribution is 2.41. The SMILES string of the molecule is Nc1ccc2[nH]c(C3CCCN3C=O)c(-c3ccccc3)c2c1. The van der Waals surface area contributed by atoms with Gasteiger partial charge in [-0.3, -0.25) is 4.79 Å². The molecule has 0 saturated carbocycles. The van der Waals surface area contributed by atoms with Gasteiger partial charge in [-0.15, -0.1) is 0 Å². The van der Waals surface area contributed by atoms with Gasteiger partial charge in [-0.1, -0.05) is 30.3 Å². The molecule has 4 rings (SSSR count). The molecule has 0 radical (unpaired) electrons. The van der Waals surface area contributed by atoms with Crippen LogP contribution in [0.15, 0.2) is 48.5 Å². The highest BCUT2D eigenvalue weighted by atomic mass is 16.1. The van der Waals surface area contributed by atoms with Crippen molar-refractivity contribution in [1.82, 2.24) is 9.88 Å². The monoisotopic (exact) mass is 305 g/mol. The van der Waals surface area contributed by atoms with Crippen molar-refractivity contribution in [2.24, 2.45) is 0 Å². The number of carbonyl (C=O) groups excluding carboxylic acids is 1. The van der Waals surface area contributed by atoms with E-state index < -0.39 is 0 Å². The van der Waals surface area contributed by atoms with Crippen molar-refractivity contribution in [1.29, 1.82) is 0 Å². The van der Waals surface area contributed by atoms with E-state index in [-0.39, 0.29) is 6.04 Å². The molecular formula is C19H19N3O. The first-order valence-corrected chi connectivity index (χ1v) is 7.95. The number of H-pyrrole nitrogens is 1. The quantitative estimate of drug-likeness (QED) is 0.572. The van der Waals surface area contributed by atoms with Gasteiger partial charge in [-0.05, 0) is 36.6 Å². The molecule has 0 aliphatic carbocycles. The van der Waals surface area contributed by atoms with Gasteiger partial charge in [0.2, 0.25) is 6.41 Å². The number of likely N-dealkylation sites (tertiary alicyclic amines) is 1. The minimum Gasteiger partial charge on any atom is -0.399 e. The number of amides is 1. The summed E-state index contributed by atoms with van der Waals surface area (Å²) in [5.74, 6) is 0. The number of nitrogens with one attached hydrogen (secondary N) is 1. The van der Waals surface area contributed by atoms with E-state index in [1.54, 1.807) is 0 Å². The van der Waals surface area contributed by atoms with Gasteiger partial charge in [0.25, 0.3) is 0 Å². The Kier molecular flexibility index (Phi) is 3.30. The first-order valence-electron chi connectivity index (χ1n) is 7.95. The Morgan fingerprint density at radius 1 is 1.17 bits per heavy atom. The van der Waals surface area contributed by atoms with E-state index in [1.807, 2.05) is 41.3 Å². The number of nitrogen functional groups attached to an aromatic ring is 1. The van der Waals surface area contributed by atoms with Crippen molar-refractivity contribution in [3.8, 4) is 11.1 Å². The minimum atomic E-state index is 0.108. The van der Waals surface area contributed by atoms with E-state index in [0.29, 0.717) is 0 Å². The van der Waals surface area contributed by atoms with Gasteiger partial charge in [0.05, 0.1) is 6.04 Å². The van der Waals surface area contributed by atoms with Crippen molar-refractivity contribution < 1.29 is 4.79 Å². The lowest BCUT2D eigenvalue weighted by Gasteiger charge is -2.20. The Bertz CT molecular complexity index is 854. The zero-order chi connectivity index (χ0) is 15.8. The number of nitrogens with zero attached hydrogens (tertiary/aromatic N) is 1. The molecule has 116 valence electrons. The molecule has 0 spiro atoms. The van der Waals surface area contributed by atoms with Crippen LogP contribution in [0.4, 0.5) is 5.69 Å². The summed E-state index contributed by atoms with van der Waals surface area (Å²) in [7, 11) is 0. The van der Waals surface area contributed by atoms with Gasteiger partial charge < -0.3 is 15.6 Å². The number of fused-ring (bicyclic) bond motifs is 1. The summed E-state index contributed by atoms with van der Waals surface area (Å²) in [5, 5.41) is 1.11. The van der Waals surface area contributed by atoms with Crippen LogP contribution in [-0.4, -0.2) is 22.8 Å². The largest absolute Gasteiger partial charge is 0.399 e. The second kappa shape index (κ2) is 5.47. The van der Waals surface area contributed by atoms with Crippen molar-refractivity contribution in [2.45, 2.75) is 18.9 Å². The Morgan fingerprint density at radius 2 is 2.00 bits per heavy atom. The maximum absolute atomic E-state index is 11.4. The topological polar surface area (TPSA) is 62.1 Å². The standard InChI is InChI=1S/C19H19N3O/c20-14-8-9-16-15(11-14)18(13-5-2-1-3-6-13)19(21-16)17-7-4-10-22(17)12-23/h1-3,5-6,8-9,11-12,17,21H,4,7,10,20H2. The Balaban J connectivity index is 1.98. The van der Waals surface area contributed by atoms with Crippen molar-refractivity contribution >= 4 is 23.0 Å². The Hall–Kier alpha value is -2.75. The second-order valence-electron chi connectivity index (χ2n) is 6.09. The van der Waals surface area contributed by atoms with Crippen LogP contribution in [0.3, 0.4) is 0 Å². The summed E-state index contributed by atoms with van der Waals surface area (Å²) >= 11 is 0. The number of nitrogens with two attached hydrogens (primary N) is 1. The highest BCUT2D eigenvalue weighted by molar-refractivity contribution is 5.99. The van der Waals surface area contributed by atoms with Crippen LogP contribution in [0.5, 0.6) is 0 Å². The maximum Gasteiger partial charge on any atom is 0.210 e. The highest BCUT2D eigenvalue weighted by Gasteiger charge is 2.29. The Labute approximate surface area is 134 Å². The molecule has 4 nitrogen and oxygen atoms in total. The predicted octanol–water partition coefficient (Wildman–Crippen LogP) is 3.71. The van der Waals surface area contributed by atoms with Gasteiger partial charge in [0.1, 0.15) is 0 Å². The van der Waals surface area contributed by atoms with E-state index in [2.05, 4.69) is 17.1 Å². The lowest BCUT2D eigenvalue weighted by Crippen LogP contribution is -2.21. The lowest BCUT2D eigenvalue weighted by atomic mass is 9.97. The average molecular weight is 305 g/mol. The van der Waals surface area contributed by atoms with Gasteiger partial charge in [-0.2, -0.15) is 0 Å². The molecule has 1 aromatic heterocycles. The van der Waals surface area contributed by atoms with Crippen LogP contribution in [0.25, 0.3) is 22.0 Å². The van der Waals surface area contributed by atoms with Gasteiger partial charge in [-0.25, -0.2) is 0 Å². The van der Waals surface area contributed by atoms with E-state index in [4.69, 9.17) is 5.73 Å². The molecule has 1 saturated heterocycles. The fraction of sp³-hybridized carbons (Fsp3) is 0.211. The number of aromatic nitrogens is 1. The molecule has 1 aliphatic rings. The minimum absolute atomic E-state index is 0.108. The van der Waals surface area contributed by atoms with Gasteiger partial charge >= 0.3 is 0 Å². The lowest BCUT2D eigenvalue weighted by molar-refractivity contribution is -0.119. The second-order valence-corrected chi connectivity index (χ2v) is 6.09. The van der Waals surface area contributed by atoms with E-state index in [9.17, 15) is 4.79 Å². The summed E-state index contributed by atoms with van der Waals surface area (Å²) in [4.78, 5) is 16.8. The van der Waals surface area contributed by atoms with Crippen molar-refractivity contribution in [2.75, 3.05) is 12.3 Å². The molecule has 2 aromatic carbocycles. The van der Waals surface area contributed by atoms with E-state index in [1.165, 1.54) is 0 Å². The van der Waals surface area contributed by atoms with Crippen LogP contribution in [-0.2, 0) is 4.79 Å². The molecule has 23 heavy (non-hydrogen) atoms. The molecule has 1 atom stereocenters. The third-order valence-corrected chi connectivity index (χ3v) is 4.68. The van der Waals surface area contributed by atoms with Crippen LogP contribution in [0, 0.1) is 0 Å². The number of hydrogen-bond acceptors (Lipinski definition) is 2. The molecule has 3 aromatic rings. The smallest absolute Gasteiger partial charge is 0.210 e. The fourth-order valence-corrected chi connectivity index (χ4v) is 3.62. The molecule has 0 bridgehead atoms. The number of carbonyl (C=O) groups is 1. The number of benzene rings is 2. The molecule has 2 heterocycles. The van der Waals surface area contributed by atoms with Crippen molar-refractivity contribution in [3.63, 3.8) is 0 Å². The van der Waals surface area contributed by atoms with E-state index in [0.717, 1.165) is 59.2 Å². The molecular weight excluding hydrogens is 286 g/mol. The average Bonchev–Trinajstić information content (AvgIpc) is 3.18. The number of rotatable bonds is 3. The summed E-state index contributed by atoms with van der Waals surface area (Å²) in [6.45, 7) is 0.819. The molecule has 4 heteroatoms. The maximum atomic E-state index is 11.4. The predicted molar refractivity (Wildman–Crippen MR) is 92.9 cm³/mol. The molecule has 1 fully saturated rings. The summed E-state index contributed by atoms with van der Waals surface area (Å²) in [5.41, 5.74) is 11.2. The van der Waals surface area contributed by atoms with Crippen LogP contribution >= 0.6 is 0 Å². The first kappa shape index (κ1) is 13.9. The summed E-state index contributed by atoms with van der Waals surface area (Å²) < 4.78 is 0. The van der Waals surface area contributed by atoms with Crippen LogP contribution in [0.1, 0.15) is 24.6 Å². The summed E-state index contributed by atoms with van der Waals surface area (Å²) in [6.07, 6.45) is 2.99. The zero-order valence-electron chi connectivity index (χ0n) is 12.8. The van der Waals surface area contributed by atoms with Crippen LogP contribution in [0.2, 0.25) is 0 Å². The molecule has 1 amide bonds. The van der Waals surface area contributed by atoms with Crippen molar-refractivity contribution in [3.05, 3.63) is 54.2 Å². The third-order valence-electron chi connectivity index (χ3n) is 4.68. The van der Waals surface area contributed by atoms with Gasteiger partial charge in [0, 0.05) is 34.4 Å². The molecule has 1 aliphatic heterocycles. The molecule has 3 N–H and O–H groups in total. The number of hydrogen-bond donors (Lipinski definition) is 2. The molecule has 1 unspecified atom stereocenters. The normalized spacial score (nSPS) is 17.7. The third kappa shape index (κ3) is 2.27.